The van der Waals surface area contributed by atoms with E-state index in [4.69, 9.17) is 4.84 Å². The third kappa shape index (κ3) is 5.23. The quantitative estimate of drug-likeness (QED) is 0.299. The van der Waals surface area contributed by atoms with Gasteiger partial charge in [0.15, 0.2) is 0 Å². The number of aromatic amines is 1. The van der Waals surface area contributed by atoms with E-state index in [2.05, 4.69) is 62.2 Å². The molecule has 2 aliphatic rings. The van der Waals surface area contributed by atoms with Crippen molar-refractivity contribution in [3.8, 4) is 0 Å². The number of halogens is 1. The van der Waals surface area contributed by atoms with Crippen molar-refractivity contribution in [2.75, 3.05) is 32.8 Å². The summed E-state index contributed by atoms with van der Waals surface area (Å²) in [5.41, 5.74) is 4.03. The molecule has 1 aromatic heterocycles. The zero-order valence-electron chi connectivity index (χ0n) is 21.2. The van der Waals surface area contributed by atoms with E-state index >= 15 is 0 Å². The first kappa shape index (κ1) is 25.0. The molecule has 6 nitrogen and oxygen atoms in total. The molecule has 0 bridgehead atoms. The van der Waals surface area contributed by atoms with Gasteiger partial charge in [0, 0.05) is 39.9 Å². The fourth-order valence-corrected chi connectivity index (χ4v) is 5.94. The van der Waals surface area contributed by atoms with Crippen LogP contribution < -0.4 is 0 Å². The minimum atomic E-state index is 0.109. The maximum Gasteiger partial charge on any atom is 0.270 e. The van der Waals surface area contributed by atoms with E-state index in [0.29, 0.717) is 18.2 Å². The van der Waals surface area contributed by atoms with E-state index in [1.165, 1.54) is 0 Å². The lowest BCUT2D eigenvalue weighted by atomic mass is 9.82. The first-order valence-corrected chi connectivity index (χ1v) is 13.8. The molecule has 0 atom stereocenters. The van der Waals surface area contributed by atoms with E-state index in [1.807, 2.05) is 42.2 Å². The lowest BCUT2D eigenvalue weighted by Crippen LogP contribution is -2.56. The van der Waals surface area contributed by atoms with E-state index in [1.54, 1.807) is 0 Å². The van der Waals surface area contributed by atoms with Gasteiger partial charge < -0.3 is 14.7 Å². The Morgan fingerprint density at radius 3 is 2.44 bits per heavy atom. The number of hydrogen-bond acceptors (Lipinski definition) is 4. The van der Waals surface area contributed by atoms with Gasteiger partial charge in [0.1, 0.15) is 12.3 Å². The van der Waals surface area contributed by atoms with Crippen molar-refractivity contribution in [1.29, 1.82) is 0 Å². The van der Waals surface area contributed by atoms with Gasteiger partial charge in [-0.3, -0.25) is 9.69 Å². The molecule has 190 valence electrons. The van der Waals surface area contributed by atoms with Gasteiger partial charge in [-0.15, -0.1) is 0 Å². The average molecular weight is 552 g/mol. The number of nitrogens with one attached hydrogen (secondary N) is 1. The molecule has 0 radical (unpaired) electrons. The monoisotopic (exact) mass is 550 g/mol. The molecule has 3 heterocycles. The number of oxime groups is 1. The number of rotatable bonds is 6. The number of aromatic nitrogens is 1. The number of H-pyrrole nitrogens is 1. The Labute approximate surface area is 221 Å². The minimum absolute atomic E-state index is 0.109. The highest BCUT2D eigenvalue weighted by Gasteiger charge is 2.39. The van der Waals surface area contributed by atoms with Gasteiger partial charge >= 0.3 is 0 Å². The van der Waals surface area contributed by atoms with Crippen LogP contribution in [-0.2, 0) is 4.84 Å². The van der Waals surface area contributed by atoms with Crippen LogP contribution in [0.3, 0.4) is 0 Å². The number of carbonyl (C=O) groups is 1. The lowest BCUT2D eigenvalue weighted by Gasteiger charge is -2.49. The smallest absolute Gasteiger partial charge is 0.270 e. The highest BCUT2D eigenvalue weighted by atomic mass is 79.9. The molecule has 3 aromatic rings. The number of para-hydroxylation sites is 1. The van der Waals surface area contributed by atoms with Gasteiger partial charge in [-0.05, 0) is 82.4 Å². The maximum atomic E-state index is 13.2. The lowest BCUT2D eigenvalue weighted by molar-refractivity contribution is 0.0160. The number of likely N-dealkylation sites (tertiary alicyclic amines) is 2. The molecule has 2 aliphatic heterocycles. The van der Waals surface area contributed by atoms with E-state index in [9.17, 15) is 4.79 Å². The maximum absolute atomic E-state index is 13.2. The molecule has 2 fully saturated rings. The van der Waals surface area contributed by atoms with Gasteiger partial charge in [-0.2, -0.15) is 0 Å². The van der Waals surface area contributed by atoms with Crippen molar-refractivity contribution >= 4 is 38.5 Å². The Balaban J connectivity index is 1.19. The topological polar surface area (TPSA) is 60.9 Å². The molecule has 1 N–H and O–H groups in total. The molecule has 5 rings (SSSR count). The fourth-order valence-electron chi connectivity index (χ4n) is 5.68. The second kappa shape index (κ2) is 10.8. The molecular weight excluding hydrogens is 516 g/mol. The second-order valence-corrected chi connectivity index (χ2v) is 11.1. The molecule has 1 amide bonds. The SMILES string of the molecule is CCO/N=C(\c1ccc(Br)cc1)C1CCN(C2(C)CCN(C(=O)c3cc4ccccc4[nH]3)CC2)CC1. The summed E-state index contributed by atoms with van der Waals surface area (Å²) in [6.07, 6.45) is 4.12. The third-order valence-electron chi connectivity index (χ3n) is 7.97. The summed E-state index contributed by atoms with van der Waals surface area (Å²) in [7, 11) is 0. The number of amides is 1. The molecule has 2 aromatic carbocycles. The Kier molecular flexibility index (Phi) is 7.49. The van der Waals surface area contributed by atoms with Crippen molar-refractivity contribution in [1.82, 2.24) is 14.8 Å². The zero-order valence-corrected chi connectivity index (χ0v) is 22.8. The van der Waals surface area contributed by atoms with Gasteiger partial charge in [-0.1, -0.05) is 51.4 Å². The van der Waals surface area contributed by atoms with Crippen LogP contribution in [0.15, 0.2) is 64.2 Å². The third-order valence-corrected chi connectivity index (χ3v) is 8.49. The molecule has 0 unspecified atom stereocenters. The zero-order chi connectivity index (χ0) is 25.1. The summed E-state index contributed by atoms with van der Waals surface area (Å²) in [4.78, 5) is 26.6. The largest absolute Gasteiger partial charge is 0.396 e. The van der Waals surface area contributed by atoms with Crippen LogP contribution >= 0.6 is 15.9 Å². The number of carbonyl (C=O) groups excluding carboxylic acids is 1. The summed E-state index contributed by atoms with van der Waals surface area (Å²) in [6, 6.07) is 18.4. The highest BCUT2D eigenvalue weighted by Crippen LogP contribution is 2.34. The summed E-state index contributed by atoms with van der Waals surface area (Å²) in [6.45, 7) is 8.59. The van der Waals surface area contributed by atoms with Gasteiger partial charge in [-0.25, -0.2) is 0 Å². The van der Waals surface area contributed by atoms with Gasteiger partial charge in [0.05, 0.1) is 5.71 Å². The number of nitrogens with zero attached hydrogens (tertiary/aromatic N) is 3. The standard InChI is InChI=1S/C29H35BrN4O2/c1-3-36-32-27(21-8-10-24(30)11-9-21)22-12-16-34(17-13-22)29(2)14-18-33(19-15-29)28(35)26-20-23-6-4-5-7-25(23)31-26/h4-11,20,22,31H,3,12-19H2,1-2H3/b32-27+. The first-order valence-electron chi connectivity index (χ1n) is 13.0. The molecule has 7 heteroatoms. The van der Waals surface area contributed by atoms with E-state index in [0.717, 1.165) is 78.5 Å². The number of fused-ring (bicyclic) bond motifs is 1. The van der Waals surface area contributed by atoms with Gasteiger partial charge in [0.2, 0.25) is 0 Å². The van der Waals surface area contributed by atoms with Crippen molar-refractivity contribution < 1.29 is 9.63 Å². The summed E-state index contributed by atoms with van der Waals surface area (Å²) in [5, 5.41) is 5.61. The van der Waals surface area contributed by atoms with Crippen molar-refractivity contribution in [3.63, 3.8) is 0 Å². The van der Waals surface area contributed by atoms with Crippen LogP contribution in [0.2, 0.25) is 0 Å². The number of piperidine rings is 2. The molecule has 0 saturated carbocycles. The Morgan fingerprint density at radius 2 is 1.78 bits per heavy atom. The van der Waals surface area contributed by atoms with Crippen LogP contribution in [0.5, 0.6) is 0 Å². The Morgan fingerprint density at radius 1 is 1.08 bits per heavy atom. The van der Waals surface area contributed by atoms with Crippen LogP contribution in [0.4, 0.5) is 0 Å². The second-order valence-electron chi connectivity index (χ2n) is 10.2. The molecular formula is C29H35BrN4O2. The molecule has 0 spiro atoms. The fraction of sp³-hybridized carbons (Fsp3) is 0.448. The summed E-state index contributed by atoms with van der Waals surface area (Å²) in [5.74, 6) is 0.500. The predicted molar refractivity (Wildman–Crippen MR) is 148 cm³/mol. The van der Waals surface area contributed by atoms with Crippen LogP contribution in [0.1, 0.15) is 55.6 Å². The van der Waals surface area contributed by atoms with Crippen molar-refractivity contribution in [3.05, 3.63) is 70.3 Å². The van der Waals surface area contributed by atoms with Crippen LogP contribution in [0, 0.1) is 5.92 Å². The minimum Gasteiger partial charge on any atom is -0.396 e. The van der Waals surface area contributed by atoms with Gasteiger partial charge in [0.25, 0.3) is 5.91 Å². The molecule has 0 aliphatic carbocycles. The van der Waals surface area contributed by atoms with Crippen LogP contribution in [-0.4, -0.2) is 64.7 Å². The first-order chi connectivity index (χ1) is 17.5. The Bertz CT molecular complexity index is 1190. The normalized spacial score (nSPS) is 19.5. The summed E-state index contributed by atoms with van der Waals surface area (Å²) >= 11 is 3.53. The average Bonchev–Trinajstić information content (AvgIpc) is 3.35. The Hall–Kier alpha value is -2.64. The van der Waals surface area contributed by atoms with Crippen molar-refractivity contribution in [2.45, 2.75) is 45.1 Å². The predicted octanol–water partition coefficient (Wildman–Crippen LogP) is 6.08. The summed E-state index contributed by atoms with van der Waals surface area (Å²) < 4.78 is 1.07. The highest BCUT2D eigenvalue weighted by molar-refractivity contribution is 9.10. The van der Waals surface area contributed by atoms with Crippen molar-refractivity contribution in [2.24, 2.45) is 11.1 Å². The molecule has 2 saturated heterocycles. The number of benzene rings is 2. The number of hydrogen-bond donors (Lipinski definition) is 1. The van der Waals surface area contributed by atoms with E-state index in [-0.39, 0.29) is 11.4 Å². The van der Waals surface area contributed by atoms with Crippen LogP contribution in [0.25, 0.3) is 10.9 Å². The van der Waals surface area contributed by atoms with E-state index < -0.39 is 0 Å². The molecule has 36 heavy (non-hydrogen) atoms.